The van der Waals surface area contributed by atoms with Crippen molar-refractivity contribution in [3.8, 4) is 5.75 Å². The SMILES string of the molecule is COc1c(F)cc(NC(=O)N[C@H]2CCCC[C@H]2OC)cc1F. The minimum absolute atomic E-state index is 0.0260. The number of anilines is 1. The van der Waals surface area contributed by atoms with Crippen LogP contribution in [0.15, 0.2) is 12.1 Å². The van der Waals surface area contributed by atoms with E-state index in [0.29, 0.717) is 0 Å². The van der Waals surface area contributed by atoms with Gasteiger partial charge in [-0.2, -0.15) is 0 Å². The van der Waals surface area contributed by atoms with Crippen LogP contribution in [0.3, 0.4) is 0 Å². The van der Waals surface area contributed by atoms with Crippen LogP contribution >= 0.6 is 0 Å². The van der Waals surface area contributed by atoms with Crippen LogP contribution in [0.2, 0.25) is 0 Å². The first-order chi connectivity index (χ1) is 10.5. The Balaban J connectivity index is 2.00. The van der Waals surface area contributed by atoms with Crippen molar-refractivity contribution in [3.63, 3.8) is 0 Å². The van der Waals surface area contributed by atoms with E-state index in [1.54, 1.807) is 7.11 Å². The maximum atomic E-state index is 13.6. The molecule has 22 heavy (non-hydrogen) atoms. The maximum Gasteiger partial charge on any atom is 0.319 e. The number of nitrogens with one attached hydrogen (secondary N) is 2. The van der Waals surface area contributed by atoms with Crippen LogP contribution in [0.1, 0.15) is 25.7 Å². The molecule has 0 radical (unpaired) electrons. The third kappa shape index (κ3) is 3.85. The Morgan fingerprint density at radius 2 is 1.82 bits per heavy atom. The van der Waals surface area contributed by atoms with E-state index in [2.05, 4.69) is 15.4 Å². The number of carbonyl (C=O) groups excluding carboxylic acids is 1. The first kappa shape index (κ1) is 16.5. The zero-order valence-corrected chi connectivity index (χ0v) is 12.6. The standard InChI is InChI=1S/C15H20F2N2O3/c1-21-13-6-4-3-5-12(13)19-15(20)18-9-7-10(16)14(22-2)11(17)8-9/h7-8,12-13H,3-6H2,1-2H3,(H2,18,19,20)/t12-,13+/m0/s1. The highest BCUT2D eigenvalue weighted by atomic mass is 19.1. The smallest absolute Gasteiger partial charge is 0.319 e. The number of carbonyl (C=O) groups is 1. The number of rotatable bonds is 4. The highest BCUT2D eigenvalue weighted by molar-refractivity contribution is 5.89. The van der Waals surface area contributed by atoms with Gasteiger partial charge in [-0.15, -0.1) is 0 Å². The molecule has 1 aliphatic carbocycles. The lowest BCUT2D eigenvalue weighted by Crippen LogP contribution is -2.47. The van der Waals surface area contributed by atoms with Crippen molar-refractivity contribution in [2.45, 2.75) is 37.8 Å². The van der Waals surface area contributed by atoms with E-state index >= 15 is 0 Å². The van der Waals surface area contributed by atoms with Gasteiger partial charge in [0, 0.05) is 24.9 Å². The Bertz CT molecular complexity index is 517. The van der Waals surface area contributed by atoms with Gasteiger partial charge in [-0.05, 0) is 12.8 Å². The lowest BCUT2D eigenvalue weighted by atomic mass is 9.92. The van der Waals surface area contributed by atoms with Crippen molar-refractivity contribution in [2.75, 3.05) is 19.5 Å². The third-order valence-corrected chi connectivity index (χ3v) is 3.78. The monoisotopic (exact) mass is 314 g/mol. The average Bonchev–Trinajstić information content (AvgIpc) is 2.47. The largest absolute Gasteiger partial charge is 0.491 e. The number of amides is 2. The van der Waals surface area contributed by atoms with Gasteiger partial charge in [-0.3, -0.25) is 0 Å². The van der Waals surface area contributed by atoms with Crippen LogP contribution in [0, 0.1) is 11.6 Å². The van der Waals surface area contributed by atoms with E-state index < -0.39 is 23.4 Å². The topological polar surface area (TPSA) is 59.6 Å². The van der Waals surface area contributed by atoms with E-state index in [9.17, 15) is 13.6 Å². The summed E-state index contributed by atoms with van der Waals surface area (Å²) in [4.78, 5) is 12.0. The van der Waals surface area contributed by atoms with Crippen LogP contribution in [-0.4, -0.2) is 32.4 Å². The summed E-state index contributed by atoms with van der Waals surface area (Å²) in [5, 5.41) is 5.21. The fourth-order valence-corrected chi connectivity index (χ4v) is 2.71. The number of halogens is 2. The average molecular weight is 314 g/mol. The summed E-state index contributed by atoms with van der Waals surface area (Å²) in [5.74, 6) is -2.21. The summed E-state index contributed by atoms with van der Waals surface area (Å²) in [6, 6.07) is 1.40. The van der Waals surface area contributed by atoms with Crippen molar-refractivity contribution in [3.05, 3.63) is 23.8 Å². The summed E-state index contributed by atoms with van der Waals surface area (Å²) >= 11 is 0. The molecule has 1 aromatic rings. The Hall–Kier alpha value is -1.89. The molecule has 0 aromatic heterocycles. The molecule has 122 valence electrons. The molecule has 7 heteroatoms. The van der Waals surface area contributed by atoms with Gasteiger partial charge in [0.15, 0.2) is 17.4 Å². The first-order valence-corrected chi connectivity index (χ1v) is 7.18. The summed E-state index contributed by atoms with van der Waals surface area (Å²) in [6.45, 7) is 0. The lowest BCUT2D eigenvalue weighted by Gasteiger charge is -2.31. The fraction of sp³-hybridized carbons (Fsp3) is 0.533. The summed E-state index contributed by atoms with van der Waals surface area (Å²) < 4.78 is 37.1. The summed E-state index contributed by atoms with van der Waals surface area (Å²) in [5.41, 5.74) is 0.0260. The molecule has 1 aromatic carbocycles. The highest BCUT2D eigenvalue weighted by Crippen LogP contribution is 2.25. The van der Waals surface area contributed by atoms with Gasteiger partial charge in [0.2, 0.25) is 0 Å². The molecule has 0 heterocycles. The first-order valence-electron chi connectivity index (χ1n) is 7.18. The molecule has 0 bridgehead atoms. The minimum Gasteiger partial charge on any atom is -0.491 e. The molecule has 0 spiro atoms. The molecule has 0 saturated heterocycles. The second kappa shape index (κ2) is 7.40. The number of hydrogen-bond donors (Lipinski definition) is 2. The van der Waals surface area contributed by atoms with Crippen molar-refractivity contribution in [1.82, 2.24) is 5.32 Å². The molecular formula is C15H20F2N2O3. The molecular weight excluding hydrogens is 294 g/mol. The molecule has 5 nitrogen and oxygen atoms in total. The van der Waals surface area contributed by atoms with E-state index in [0.717, 1.165) is 37.8 Å². The second-order valence-electron chi connectivity index (χ2n) is 5.24. The van der Waals surface area contributed by atoms with Gasteiger partial charge in [-0.25, -0.2) is 13.6 Å². The molecule has 0 unspecified atom stereocenters. The van der Waals surface area contributed by atoms with Crippen LogP contribution in [0.5, 0.6) is 5.75 Å². The van der Waals surface area contributed by atoms with Gasteiger partial charge < -0.3 is 20.1 Å². The zero-order chi connectivity index (χ0) is 16.1. The van der Waals surface area contributed by atoms with E-state index in [-0.39, 0.29) is 17.8 Å². The molecule has 1 aliphatic rings. The van der Waals surface area contributed by atoms with Crippen molar-refractivity contribution in [2.24, 2.45) is 0 Å². The predicted octanol–water partition coefficient (Wildman–Crippen LogP) is 3.05. The maximum absolute atomic E-state index is 13.6. The van der Waals surface area contributed by atoms with E-state index in [4.69, 9.17) is 4.74 Å². The van der Waals surface area contributed by atoms with E-state index in [1.165, 1.54) is 7.11 Å². The van der Waals surface area contributed by atoms with Gasteiger partial charge in [0.1, 0.15) is 0 Å². The second-order valence-corrected chi connectivity index (χ2v) is 5.24. The van der Waals surface area contributed by atoms with Crippen molar-refractivity contribution < 1.29 is 23.0 Å². The molecule has 2 rings (SSSR count). The van der Waals surface area contributed by atoms with Crippen molar-refractivity contribution >= 4 is 11.7 Å². The Morgan fingerprint density at radius 1 is 1.18 bits per heavy atom. The quantitative estimate of drug-likeness (QED) is 0.898. The van der Waals surface area contributed by atoms with Gasteiger partial charge >= 0.3 is 6.03 Å². The third-order valence-electron chi connectivity index (χ3n) is 3.78. The molecule has 0 aliphatic heterocycles. The van der Waals surface area contributed by atoms with E-state index in [1.807, 2.05) is 0 Å². The number of urea groups is 1. The number of hydrogen-bond acceptors (Lipinski definition) is 3. The normalized spacial score (nSPS) is 21.3. The number of benzene rings is 1. The molecule has 2 atom stereocenters. The molecule has 1 fully saturated rings. The summed E-state index contributed by atoms with van der Waals surface area (Å²) in [7, 11) is 2.78. The number of ether oxygens (including phenoxy) is 2. The Morgan fingerprint density at radius 3 is 2.41 bits per heavy atom. The number of methoxy groups -OCH3 is 2. The highest BCUT2D eigenvalue weighted by Gasteiger charge is 2.26. The minimum atomic E-state index is -0.870. The predicted molar refractivity (Wildman–Crippen MR) is 78.1 cm³/mol. The molecule has 2 amide bonds. The fourth-order valence-electron chi connectivity index (χ4n) is 2.71. The Labute approximate surface area is 128 Å². The van der Waals surface area contributed by atoms with Crippen molar-refractivity contribution in [1.29, 1.82) is 0 Å². The van der Waals surface area contributed by atoms with Gasteiger partial charge in [-0.1, -0.05) is 12.8 Å². The van der Waals surface area contributed by atoms with Crippen LogP contribution < -0.4 is 15.4 Å². The lowest BCUT2D eigenvalue weighted by molar-refractivity contribution is 0.0459. The molecule has 1 saturated carbocycles. The van der Waals surface area contributed by atoms with Crippen LogP contribution in [-0.2, 0) is 4.74 Å². The Kier molecular flexibility index (Phi) is 5.54. The van der Waals surface area contributed by atoms with Crippen LogP contribution in [0.4, 0.5) is 19.3 Å². The molecule has 2 N–H and O–H groups in total. The summed E-state index contributed by atoms with van der Waals surface area (Å²) in [6.07, 6.45) is 3.73. The van der Waals surface area contributed by atoms with Gasteiger partial charge in [0.05, 0.1) is 19.3 Å². The van der Waals surface area contributed by atoms with Gasteiger partial charge in [0.25, 0.3) is 0 Å². The van der Waals surface area contributed by atoms with Crippen LogP contribution in [0.25, 0.3) is 0 Å². The zero-order valence-electron chi connectivity index (χ0n) is 12.6.